The van der Waals surface area contributed by atoms with Gasteiger partial charge in [0.15, 0.2) is 5.96 Å². The highest BCUT2D eigenvalue weighted by molar-refractivity contribution is 5.80. The smallest absolute Gasteiger partial charge is 0.213 e. The number of aliphatic imine (C=N–C) groups is 1. The SMILES string of the molecule is CN=C(NCc1ccnc(OC)c1)N1CC2OCCN(Cc3ccccc3)C2C1. The number of aromatic nitrogens is 1. The Kier molecular flexibility index (Phi) is 6.27. The van der Waals surface area contributed by atoms with E-state index in [1.807, 2.05) is 19.2 Å². The zero-order valence-electron chi connectivity index (χ0n) is 17.1. The molecular formula is C22H29N5O2. The first kappa shape index (κ1) is 19.7. The third-order valence-electron chi connectivity index (χ3n) is 5.62. The molecule has 2 saturated heterocycles. The Bertz CT molecular complexity index is 829. The van der Waals surface area contributed by atoms with E-state index in [0.29, 0.717) is 18.5 Å². The third kappa shape index (κ3) is 4.68. The van der Waals surface area contributed by atoms with Crippen LogP contribution in [0.4, 0.5) is 0 Å². The van der Waals surface area contributed by atoms with Crippen molar-refractivity contribution in [2.45, 2.75) is 25.2 Å². The van der Waals surface area contributed by atoms with E-state index in [-0.39, 0.29) is 6.10 Å². The second kappa shape index (κ2) is 9.24. The van der Waals surface area contributed by atoms with Crippen molar-refractivity contribution in [2.24, 2.45) is 4.99 Å². The van der Waals surface area contributed by atoms with Crippen LogP contribution in [0.15, 0.2) is 53.7 Å². The molecule has 2 aliphatic rings. The van der Waals surface area contributed by atoms with Crippen molar-refractivity contribution in [1.82, 2.24) is 20.1 Å². The number of pyridine rings is 1. The molecule has 7 nitrogen and oxygen atoms in total. The molecule has 2 aliphatic heterocycles. The monoisotopic (exact) mass is 395 g/mol. The third-order valence-corrected chi connectivity index (χ3v) is 5.62. The average molecular weight is 396 g/mol. The van der Waals surface area contributed by atoms with Crippen LogP contribution in [-0.2, 0) is 17.8 Å². The van der Waals surface area contributed by atoms with E-state index in [0.717, 1.165) is 44.3 Å². The first-order valence-corrected chi connectivity index (χ1v) is 10.1. The standard InChI is InChI=1S/C22H29N5O2/c1-23-22(25-13-18-8-9-24-21(12-18)28-2)27-15-19-20(16-27)29-11-10-26(19)14-17-6-4-3-5-7-17/h3-9,12,19-20H,10-11,13-16H2,1-2H3,(H,23,25). The molecule has 0 saturated carbocycles. The zero-order chi connectivity index (χ0) is 20.1. The lowest BCUT2D eigenvalue weighted by atomic mass is 10.1. The summed E-state index contributed by atoms with van der Waals surface area (Å²) in [5.74, 6) is 1.52. The van der Waals surface area contributed by atoms with Crippen molar-refractivity contribution in [3.63, 3.8) is 0 Å². The fraction of sp³-hybridized carbons (Fsp3) is 0.455. The Balaban J connectivity index is 1.38. The fourth-order valence-corrected chi connectivity index (χ4v) is 4.13. The number of benzene rings is 1. The summed E-state index contributed by atoms with van der Waals surface area (Å²) in [6.07, 6.45) is 1.98. The molecule has 0 spiro atoms. The normalized spacial score (nSPS) is 22.4. The molecule has 2 unspecified atom stereocenters. The van der Waals surface area contributed by atoms with Gasteiger partial charge >= 0.3 is 0 Å². The van der Waals surface area contributed by atoms with E-state index >= 15 is 0 Å². The number of fused-ring (bicyclic) bond motifs is 1. The summed E-state index contributed by atoms with van der Waals surface area (Å²) >= 11 is 0. The van der Waals surface area contributed by atoms with E-state index in [2.05, 4.69) is 55.4 Å². The van der Waals surface area contributed by atoms with E-state index in [9.17, 15) is 0 Å². The summed E-state index contributed by atoms with van der Waals surface area (Å²) in [6.45, 7) is 5.15. The van der Waals surface area contributed by atoms with Crippen LogP contribution in [0.3, 0.4) is 0 Å². The second-order valence-electron chi connectivity index (χ2n) is 7.44. The number of likely N-dealkylation sites (tertiary alicyclic amines) is 1. The highest BCUT2D eigenvalue weighted by Crippen LogP contribution is 2.24. The molecule has 1 aromatic heterocycles. The number of hydrogen-bond donors (Lipinski definition) is 1. The molecule has 3 heterocycles. The van der Waals surface area contributed by atoms with Crippen molar-refractivity contribution < 1.29 is 9.47 Å². The van der Waals surface area contributed by atoms with Gasteiger partial charge in [0, 0.05) is 52.0 Å². The number of methoxy groups -OCH3 is 1. The summed E-state index contributed by atoms with van der Waals surface area (Å²) in [5.41, 5.74) is 2.46. The summed E-state index contributed by atoms with van der Waals surface area (Å²) in [7, 11) is 3.46. The van der Waals surface area contributed by atoms with Gasteiger partial charge in [-0.05, 0) is 17.2 Å². The molecule has 2 atom stereocenters. The second-order valence-corrected chi connectivity index (χ2v) is 7.44. The first-order chi connectivity index (χ1) is 14.3. The Morgan fingerprint density at radius 2 is 2.10 bits per heavy atom. The minimum Gasteiger partial charge on any atom is -0.481 e. The van der Waals surface area contributed by atoms with Gasteiger partial charge in [0.1, 0.15) is 0 Å². The van der Waals surface area contributed by atoms with Gasteiger partial charge in [0.2, 0.25) is 5.88 Å². The number of guanidine groups is 1. The molecule has 2 aromatic rings. The molecule has 2 fully saturated rings. The van der Waals surface area contributed by atoms with E-state index < -0.39 is 0 Å². The van der Waals surface area contributed by atoms with Gasteiger partial charge in [-0.3, -0.25) is 9.89 Å². The number of ether oxygens (including phenoxy) is 2. The minimum absolute atomic E-state index is 0.215. The molecule has 29 heavy (non-hydrogen) atoms. The highest BCUT2D eigenvalue weighted by Gasteiger charge is 2.41. The van der Waals surface area contributed by atoms with Crippen LogP contribution in [0.1, 0.15) is 11.1 Å². The van der Waals surface area contributed by atoms with Gasteiger partial charge in [0.25, 0.3) is 0 Å². The Labute approximate surface area is 172 Å². The van der Waals surface area contributed by atoms with Crippen LogP contribution >= 0.6 is 0 Å². The molecule has 0 aliphatic carbocycles. The largest absolute Gasteiger partial charge is 0.481 e. The van der Waals surface area contributed by atoms with E-state index in [4.69, 9.17) is 9.47 Å². The van der Waals surface area contributed by atoms with Crippen LogP contribution in [0.25, 0.3) is 0 Å². The van der Waals surface area contributed by atoms with Gasteiger partial charge in [-0.25, -0.2) is 4.98 Å². The average Bonchev–Trinajstić information content (AvgIpc) is 3.20. The Morgan fingerprint density at radius 3 is 2.90 bits per heavy atom. The summed E-state index contributed by atoms with van der Waals surface area (Å²) in [4.78, 5) is 13.5. The minimum atomic E-state index is 0.215. The van der Waals surface area contributed by atoms with Gasteiger partial charge in [-0.2, -0.15) is 0 Å². The quantitative estimate of drug-likeness (QED) is 0.615. The fourth-order valence-electron chi connectivity index (χ4n) is 4.13. The van der Waals surface area contributed by atoms with Gasteiger partial charge in [0.05, 0.1) is 25.9 Å². The molecular weight excluding hydrogens is 366 g/mol. The molecule has 7 heteroatoms. The van der Waals surface area contributed by atoms with Crippen molar-refractivity contribution in [1.29, 1.82) is 0 Å². The molecule has 1 aromatic carbocycles. The lowest BCUT2D eigenvalue weighted by molar-refractivity contribution is -0.0502. The summed E-state index contributed by atoms with van der Waals surface area (Å²) in [6, 6.07) is 15.0. The van der Waals surface area contributed by atoms with Crippen molar-refractivity contribution in [3.8, 4) is 5.88 Å². The predicted octanol–water partition coefficient (Wildman–Crippen LogP) is 1.75. The molecule has 154 valence electrons. The van der Waals surface area contributed by atoms with Gasteiger partial charge < -0.3 is 19.7 Å². The topological polar surface area (TPSA) is 62.2 Å². The molecule has 0 radical (unpaired) electrons. The maximum absolute atomic E-state index is 6.10. The van der Waals surface area contributed by atoms with Crippen molar-refractivity contribution in [2.75, 3.05) is 40.4 Å². The van der Waals surface area contributed by atoms with Crippen LogP contribution in [0.2, 0.25) is 0 Å². The lowest BCUT2D eigenvalue weighted by Gasteiger charge is -2.36. The maximum atomic E-state index is 6.10. The van der Waals surface area contributed by atoms with Gasteiger partial charge in [-0.15, -0.1) is 0 Å². The molecule has 0 amide bonds. The summed E-state index contributed by atoms with van der Waals surface area (Å²) < 4.78 is 11.3. The number of morpholine rings is 1. The highest BCUT2D eigenvalue weighted by atomic mass is 16.5. The van der Waals surface area contributed by atoms with Crippen LogP contribution in [0, 0.1) is 0 Å². The molecule has 0 bridgehead atoms. The first-order valence-electron chi connectivity index (χ1n) is 10.1. The maximum Gasteiger partial charge on any atom is 0.213 e. The molecule has 4 rings (SSSR count). The zero-order valence-corrected chi connectivity index (χ0v) is 17.1. The number of nitrogens with zero attached hydrogens (tertiary/aromatic N) is 4. The predicted molar refractivity (Wildman–Crippen MR) is 113 cm³/mol. The lowest BCUT2D eigenvalue weighted by Crippen LogP contribution is -2.50. The van der Waals surface area contributed by atoms with E-state index in [1.165, 1.54) is 5.56 Å². The number of nitrogens with one attached hydrogen (secondary N) is 1. The Hall–Kier alpha value is -2.64. The van der Waals surface area contributed by atoms with Crippen molar-refractivity contribution in [3.05, 3.63) is 59.8 Å². The van der Waals surface area contributed by atoms with E-state index in [1.54, 1.807) is 13.3 Å². The van der Waals surface area contributed by atoms with Crippen molar-refractivity contribution >= 4 is 5.96 Å². The van der Waals surface area contributed by atoms with Gasteiger partial charge in [-0.1, -0.05) is 30.3 Å². The summed E-state index contributed by atoms with van der Waals surface area (Å²) in [5, 5.41) is 3.47. The number of rotatable bonds is 5. The Morgan fingerprint density at radius 1 is 1.24 bits per heavy atom. The molecule has 1 N–H and O–H groups in total. The van der Waals surface area contributed by atoms with Crippen LogP contribution in [-0.4, -0.2) is 73.3 Å². The van der Waals surface area contributed by atoms with Crippen LogP contribution < -0.4 is 10.1 Å². The number of hydrogen-bond acceptors (Lipinski definition) is 5. The van der Waals surface area contributed by atoms with Crippen LogP contribution in [0.5, 0.6) is 5.88 Å².